The van der Waals surface area contributed by atoms with Crippen LogP contribution in [0, 0.1) is 70.5 Å². The molecule has 0 saturated carbocycles. The molecule has 1 aromatic heterocycles. The lowest BCUT2D eigenvalue weighted by molar-refractivity contribution is 0.0913. The molecule has 0 radical (unpaired) electrons. The first-order valence-corrected chi connectivity index (χ1v) is 8.54. The number of aryl methyl sites for hydroxylation is 2. The molecule has 126 valence electrons. The lowest BCUT2D eigenvalue weighted by atomic mass is 9.64. The molecule has 0 N–H and O–H groups in total. The molecule has 1 unspecified atom stereocenters. The molecule has 2 rings (SSSR count). The number of benzene rings is 1. The van der Waals surface area contributed by atoms with Gasteiger partial charge in [0.2, 0.25) is 0 Å². The lowest BCUT2D eigenvalue weighted by Gasteiger charge is -2.29. The van der Waals surface area contributed by atoms with Crippen molar-refractivity contribution in [3.63, 3.8) is 0 Å². The zero-order valence-electron chi connectivity index (χ0n) is 14.2. The average Bonchev–Trinajstić information content (AvgIpc) is 2.99. The number of nitriles is 4. The zero-order valence-corrected chi connectivity index (χ0v) is 15.0. The molecule has 2 aromatic rings. The Morgan fingerprint density at radius 3 is 2.04 bits per heavy atom. The number of Topliss-reactive ketones (excluding diaryl/α,β-unsaturated/α-hetero) is 1. The summed E-state index contributed by atoms with van der Waals surface area (Å²) >= 11 is 1.44. The van der Waals surface area contributed by atoms with E-state index in [2.05, 4.69) is 0 Å². The van der Waals surface area contributed by atoms with Gasteiger partial charge in [0.25, 0.3) is 0 Å². The largest absolute Gasteiger partial charge is 0.293 e. The number of rotatable bonds is 5. The monoisotopic (exact) mass is 358 g/mol. The maximum atomic E-state index is 13.3. The summed E-state index contributed by atoms with van der Waals surface area (Å²) in [5.41, 5.74) is -1.26. The van der Waals surface area contributed by atoms with E-state index in [0.29, 0.717) is 11.1 Å². The van der Waals surface area contributed by atoms with Gasteiger partial charge >= 0.3 is 0 Å². The molecule has 6 heteroatoms. The van der Waals surface area contributed by atoms with Crippen LogP contribution in [-0.4, -0.2) is 5.78 Å². The van der Waals surface area contributed by atoms with Crippen molar-refractivity contribution in [1.29, 1.82) is 21.0 Å². The van der Waals surface area contributed by atoms with E-state index in [1.807, 2.05) is 19.1 Å². The van der Waals surface area contributed by atoms with E-state index in [1.165, 1.54) is 11.3 Å². The standard InChI is InChI=1S/C20H14N4OS/c1-13-8-17(14(2)26-13)18(19(25)15-6-4-3-5-7-15)20(11-23,12-24)16(9-21)10-22/h3-8,16,18H,1-2H3. The van der Waals surface area contributed by atoms with E-state index in [0.717, 1.165) is 9.75 Å². The molecule has 1 heterocycles. The van der Waals surface area contributed by atoms with Gasteiger partial charge in [0.05, 0.1) is 30.2 Å². The quantitative estimate of drug-likeness (QED) is 0.749. The molecule has 0 saturated heterocycles. The molecule has 1 aromatic carbocycles. The van der Waals surface area contributed by atoms with E-state index >= 15 is 0 Å². The average molecular weight is 358 g/mol. The van der Waals surface area contributed by atoms with E-state index in [9.17, 15) is 25.8 Å². The minimum Gasteiger partial charge on any atom is -0.293 e. The van der Waals surface area contributed by atoms with Gasteiger partial charge in [-0.25, -0.2) is 0 Å². The number of thiophene rings is 1. The zero-order chi connectivity index (χ0) is 19.3. The first kappa shape index (κ1) is 18.9. The first-order valence-electron chi connectivity index (χ1n) is 7.73. The Hall–Kier alpha value is -3.45. The van der Waals surface area contributed by atoms with Crippen LogP contribution in [0.1, 0.15) is 31.6 Å². The van der Waals surface area contributed by atoms with Gasteiger partial charge in [0.15, 0.2) is 17.1 Å². The Morgan fingerprint density at radius 1 is 1.04 bits per heavy atom. The Balaban J connectivity index is 2.80. The molecule has 0 aliphatic rings. The van der Waals surface area contributed by atoms with E-state index in [-0.39, 0.29) is 0 Å². The van der Waals surface area contributed by atoms with Gasteiger partial charge in [-0.2, -0.15) is 21.0 Å². The van der Waals surface area contributed by atoms with Crippen LogP contribution in [0.4, 0.5) is 0 Å². The molecular formula is C20H14N4OS. The smallest absolute Gasteiger partial charge is 0.186 e. The van der Waals surface area contributed by atoms with E-state index in [4.69, 9.17) is 0 Å². The highest BCUT2D eigenvalue weighted by molar-refractivity contribution is 7.12. The van der Waals surface area contributed by atoms with Crippen molar-refractivity contribution in [2.45, 2.75) is 19.8 Å². The fourth-order valence-electron chi connectivity index (χ4n) is 2.98. The van der Waals surface area contributed by atoms with Crippen LogP contribution in [0.2, 0.25) is 0 Å². The highest BCUT2D eigenvalue weighted by Gasteiger charge is 2.52. The summed E-state index contributed by atoms with van der Waals surface area (Å²) in [6.45, 7) is 3.66. The van der Waals surface area contributed by atoms with Crippen molar-refractivity contribution >= 4 is 17.1 Å². The molecule has 26 heavy (non-hydrogen) atoms. The van der Waals surface area contributed by atoms with Crippen molar-refractivity contribution in [1.82, 2.24) is 0 Å². The molecular weight excluding hydrogens is 344 g/mol. The van der Waals surface area contributed by atoms with E-state index in [1.54, 1.807) is 55.5 Å². The summed E-state index contributed by atoms with van der Waals surface area (Å²) in [7, 11) is 0. The van der Waals surface area contributed by atoms with Gasteiger partial charge < -0.3 is 0 Å². The number of hydrogen-bond donors (Lipinski definition) is 0. The normalized spacial score (nSPS) is 11.7. The second-order valence-electron chi connectivity index (χ2n) is 5.82. The summed E-state index contributed by atoms with van der Waals surface area (Å²) in [6, 6.07) is 17.2. The number of carbonyl (C=O) groups excluding carboxylic acids is 1. The highest BCUT2D eigenvalue weighted by atomic mass is 32.1. The molecule has 0 fully saturated rings. The fraction of sp³-hybridized carbons (Fsp3) is 0.250. The van der Waals surface area contributed by atoms with Gasteiger partial charge in [-0.1, -0.05) is 30.3 Å². The van der Waals surface area contributed by atoms with Crippen LogP contribution in [0.15, 0.2) is 36.4 Å². The number of carbonyl (C=O) groups is 1. The van der Waals surface area contributed by atoms with Crippen LogP contribution in [0.25, 0.3) is 0 Å². The lowest BCUT2D eigenvalue weighted by Crippen LogP contribution is -2.38. The van der Waals surface area contributed by atoms with Crippen LogP contribution in [0.5, 0.6) is 0 Å². The number of nitrogens with zero attached hydrogens (tertiary/aromatic N) is 4. The highest BCUT2D eigenvalue weighted by Crippen LogP contribution is 2.46. The molecule has 0 aliphatic heterocycles. The van der Waals surface area contributed by atoms with Gasteiger partial charge in [-0.05, 0) is 25.5 Å². The summed E-state index contributed by atoms with van der Waals surface area (Å²) in [5, 5.41) is 38.3. The topological polar surface area (TPSA) is 112 Å². The Bertz CT molecular complexity index is 968. The predicted molar refractivity (Wildman–Crippen MR) is 95.7 cm³/mol. The van der Waals surface area contributed by atoms with Crippen molar-refractivity contribution in [2.24, 2.45) is 11.3 Å². The Labute approximate surface area is 156 Å². The molecule has 0 spiro atoms. The van der Waals surface area contributed by atoms with Crippen LogP contribution in [-0.2, 0) is 0 Å². The van der Waals surface area contributed by atoms with Crippen LogP contribution in [0.3, 0.4) is 0 Å². The summed E-state index contributed by atoms with van der Waals surface area (Å²) < 4.78 is 0. The van der Waals surface area contributed by atoms with Crippen LogP contribution < -0.4 is 0 Å². The van der Waals surface area contributed by atoms with Crippen molar-refractivity contribution in [2.75, 3.05) is 0 Å². The molecule has 0 aliphatic carbocycles. The van der Waals surface area contributed by atoms with Crippen molar-refractivity contribution < 1.29 is 4.79 Å². The SMILES string of the molecule is Cc1cc(C(C(=O)c2ccccc2)C(C#N)(C#N)C(C#N)C#N)c(C)s1. The van der Waals surface area contributed by atoms with Gasteiger partial charge in [0.1, 0.15) is 0 Å². The maximum Gasteiger partial charge on any atom is 0.186 e. The van der Waals surface area contributed by atoms with Crippen molar-refractivity contribution in [3.8, 4) is 24.3 Å². The van der Waals surface area contributed by atoms with Gasteiger partial charge in [-0.3, -0.25) is 4.79 Å². The Morgan fingerprint density at radius 2 is 1.62 bits per heavy atom. The number of ketones is 1. The predicted octanol–water partition coefficient (Wildman–Crippen LogP) is 4.03. The summed E-state index contributed by atoms with van der Waals surface area (Å²) in [6.07, 6.45) is 0. The van der Waals surface area contributed by atoms with Crippen molar-refractivity contribution in [3.05, 3.63) is 57.3 Å². The third kappa shape index (κ3) is 3.07. The molecule has 0 bridgehead atoms. The Kier molecular flexibility index (Phi) is 5.54. The third-order valence-corrected chi connectivity index (χ3v) is 5.23. The fourth-order valence-corrected chi connectivity index (χ4v) is 3.95. The van der Waals surface area contributed by atoms with E-state index < -0.39 is 23.0 Å². The first-order chi connectivity index (χ1) is 12.4. The third-order valence-electron chi connectivity index (χ3n) is 4.25. The maximum absolute atomic E-state index is 13.3. The van der Waals surface area contributed by atoms with Crippen LogP contribution >= 0.6 is 11.3 Å². The van der Waals surface area contributed by atoms with Gasteiger partial charge in [-0.15, -0.1) is 11.3 Å². The molecule has 1 atom stereocenters. The summed E-state index contributed by atoms with van der Waals surface area (Å²) in [4.78, 5) is 15.0. The second kappa shape index (κ2) is 7.62. The second-order valence-corrected chi connectivity index (χ2v) is 7.28. The summed E-state index contributed by atoms with van der Waals surface area (Å²) in [5.74, 6) is -3.24. The minimum atomic E-state index is -2.10. The van der Waals surface area contributed by atoms with Gasteiger partial charge in [0, 0.05) is 15.3 Å². The minimum absolute atomic E-state index is 0.324. The number of hydrogen-bond acceptors (Lipinski definition) is 6. The molecule has 5 nitrogen and oxygen atoms in total. The molecule has 0 amide bonds.